The Hall–Kier alpha value is -2.29. The van der Waals surface area contributed by atoms with Gasteiger partial charge in [-0.2, -0.15) is 9.97 Å². The number of aromatic nitrogens is 2. The zero-order valence-electron chi connectivity index (χ0n) is 10.2. The molecule has 0 bridgehead atoms. The Labute approximate surface area is 105 Å². The molecule has 2 rings (SSSR count). The third kappa shape index (κ3) is 2.20. The zero-order valence-corrected chi connectivity index (χ0v) is 10.2. The van der Waals surface area contributed by atoms with E-state index < -0.39 is 0 Å². The van der Waals surface area contributed by atoms with E-state index in [9.17, 15) is 4.79 Å². The summed E-state index contributed by atoms with van der Waals surface area (Å²) in [7, 11) is 2.94. The minimum Gasteiger partial charge on any atom is -0.481 e. The maximum absolute atomic E-state index is 11.8. The van der Waals surface area contributed by atoms with E-state index in [0.717, 1.165) is 0 Å². The summed E-state index contributed by atoms with van der Waals surface area (Å²) >= 11 is 0. The molecule has 0 aromatic carbocycles. The molecule has 1 aliphatic rings. The van der Waals surface area contributed by atoms with Crippen molar-refractivity contribution in [3.8, 4) is 24.2 Å². The van der Waals surface area contributed by atoms with Crippen molar-refractivity contribution >= 4 is 11.7 Å². The second kappa shape index (κ2) is 4.92. The molecular weight excluding hydrogens is 234 g/mol. The number of hydrogen-bond acceptors (Lipinski definition) is 5. The van der Waals surface area contributed by atoms with Crippen molar-refractivity contribution in [3.05, 3.63) is 6.07 Å². The van der Waals surface area contributed by atoms with E-state index in [2.05, 4.69) is 15.9 Å². The summed E-state index contributed by atoms with van der Waals surface area (Å²) < 4.78 is 10.0. The van der Waals surface area contributed by atoms with Crippen LogP contribution < -0.4 is 14.4 Å². The molecule has 0 radical (unpaired) electrons. The first kappa shape index (κ1) is 12.2. The molecule has 6 heteroatoms. The summed E-state index contributed by atoms with van der Waals surface area (Å²) in [5, 5.41) is 0. The molecule has 6 nitrogen and oxygen atoms in total. The highest BCUT2D eigenvalue weighted by molar-refractivity contribution is 5.95. The fourth-order valence-electron chi connectivity index (χ4n) is 1.77. The van der Waals surface area contributed by atoms with E-state index in [1.54, 1.807) is 6.07 Å². The van der Waals surface area contributed by atoms with E-state index >= 15 is 0 Å². The van der Waals surface area contributed by atoms with Crippen LogP contribution in [-0.4, -0.2) is 36.6 Å². The Balaban J connectivity index is 2.33. The van der Waals surface area contributed by atoms with Gasteiger partial charge in [-0.05, 0) is 0 Å². The fraction of sp³-hybridized carbons (Fsp3) is 0.417. The minimum absolute atomic E-state index is 0.0549. The van der Waals surface area contributed by atoms with Crippen molar-refractivity contribution in [2.24, 2.45) is 5.92 Å². The molecule has 94 valence electrons. The molecule has 0 saturated carbocycles. The van der Waals surface area contributed by atoms with E-state index in [0.29, 0.717) is 24.7 Å². The number of methoxy groups -OCH3 is 2. The van der Waals surface area contributed by atoms with Gasteiger partial charge in [0, 0.05) is 24.9 Å². The van der Waals surface area contributed by atoms with Crippen molar-refractivity contribution < 1.29 is 14.3 Å². The van der Waals surface area contributed by atoms with Crippen LogP contribution in [0.3, 0.4) is 0 Å². The predicted octanol–water partition coefficient (Wildman–Crippen LogP) is 0.480. The molecular formula is C12H13N3O3. The lowest BCUT2D eigenvalue weighted by molar-refractivity contribution is -0.117. The average Bonchev–Trinajstić information content (AvgIpc) is 2.79. The van der Waals surface area contributed by atoms with Crippen molar-refractivity contribution in [2.45, 2.75) is 6.42 Å². The van der Waals surface area contributed by atoms with Gasteiger partial charge in [0.25, 0.3) is 0 Å². The summed E-state index contributed by atoms with van der Waals surface area (Å²) in [6.45, 7) is 0.457. The van der Waals surface area contributed by atoms with E-state index in [1.807, 2.05) is 0 Å². The summed E-state index contributed by atoms with van der Waals surface area (Å²) in [4.78, 5) is 21.5. The Morgan fingerprint density at radius 3 is 2.78 bits per heavy atom. The van der Waals surface area contributed by atoms with Crippen LogP contribution in [-0.2, 0) is 4.79 Å². The van der Waals surface area contributed by atoms with Crippen LogP contribution in [0.4, 0.5) is 5.82 Å². The van der Waals surface area contributed by atoms with Gasteiger partial charge < -0.3 is 9.47 Å². The average molecular weight is 247 g/mol. The normalized spacial score (nSPS) is 18.6. The second-order valence-corrected chi connectivity index (χ2v) is 3.83. The topological polar surface area (TPSA) is 64.6 Å². The van der Waals surface area contributed by atoms with Crippen LogP contribution >= 0.6 is 0 Å². The molecule has 1 unspecified atom stereocenters. The lowest BCUT2D eigenvalue weighted by Gasteiger charge is -2.15. The van der Waals surface area contributed by atoms with Crippen molar-refractivity contribution in [3.63, 3.8) is 0 Å². The highest BCUT2D eigenvalue weighted by Crippen LogP contribution is 2.26. The van der Waals surface area contributed by atoms with Gasteiger partial charge in [-0.1, -0.05) is 0 Å². The van der Waals surface area contributed by atoms with Crippen LogP contribution in [0.1, 0.15) is 6.42 Å². The number of amides is 1. The highest BCUT2D eigenvalue weighted by Gasteiger charge is 2.31. The monoisotopic (exact) mass is 247 g/mol. The quantitative estimate of drug-likeness (QED) is 0.727. The van der Waals surface area contributed by atoms with Gasteiger partial charge in [-0.25, -0.2) is 0 Å². The number of carbonyl (C=O) groups excluding carboxylic acids is 1. The minimum atomic E-state index is -0.0792. The van der Waals surface area contributed by atoms with Gasteiger partial charge in [-0.15, -0.1) is 12.3 Å². The smallest absolute Gasteiger partial charge is 0.321 e. The Bertz CT molecular complexity index is 488. The molecule has 1 aromatic rings. The SMILES string of the molecule is C#CC1CC(=O)N(c2cc(OC)nc(OC)n2)C1. The summed E-state index contributed by atoms with van der Waals surface area (Å²) in [5.41, 5.74) is 0. The first-order chi connectivity index (χ1) is 8.67. The lowest BCUT2D eigenvalue weighted by atomic mass is 10.1. The van der Waals surface area contributed by atoms with Crippen molar-refractivity contribution in [1.29, 1.82) is 0 Å². The summed E-state index contributed by atoms with van der Waals surface area (Å²) in [6, 6.07) is 1.74. The first-order valence-corrected chi connectivity index (χ1v) is 5.41. The Morgan fingerprint density at radius 2 is 2.22 bits per heavy atom. The van der Waals surface area contributed by atoms with Gasteiger partial charge >= 0.3 is 6.01 Å². The maximum Gasteiger partial charge on any atom is 0.321 e. The van der Waals surface area contributed by atoms with E-state index in [1.165, 1.54) is 19.1 Å². The molecule has 1 aliphatic heterocycles. The van der Waals surface area contributed by atoms with E-state index in [4.69, 9.17) is 15.9 Å². The standard InChI is InChI=1S/C12H13N3O3/c1-4-8-5-11(16)15(7-8)9-6-10(17-2)14-12(13-9)18-3/h1,6,8H,5,7H2,2-3H3. The van der Waals surface area contributed by atoms with Gasteiger partial charge in [0.2, 0.25) is 11.8 Å². The molecule has 2 heterocycles. The number of terminal acetylenes is 1. The van der Waals surface area contributed by atoms with Gasteiger partial charge in [-0.3, -0.25) is 9.69 Å². The number of hydrogen-bond donors (Lipinski definition) is 0. The first-order valence-electron chi connectivity index (χ1n) is 5.41. The largest absolute Gasteiger partial charge is 0.481 e. The Morgan fingerprint density at radius 1 is 1.44 bits per heavy atom. The molecule has 1 atom stereocenters. The maximum atomic E-state index is 11.8. The summed E-state index contributed by atoms with van der Waals surface area (Å²) in [5.74, 6) is 3.24. The van der Waals surface area contributed by atoms with Crippen LogP contribution in [0.25, 0.3) is 0 Å². The van der Waals surface area contributed by atoms with Gasteiger partial charge in [0.05, 0.1) is 14.2 Å². The molecule has 0 aliphatic carbocycles. The van der Waals surface area contributed by atoms with Gasteiger partial charge in [0.1, 0.15) is 5.82 Å². The molecule has 1 fully saturated rings. The number of ether oxygens (including phenoxy) is 2. The molecule has 1 aromatic heterocycles. The Kier molecular flexibility index (Phi) is 3.33. The molecule has 1 amide bonds. The molecule has 18 heavy (non-hydrogen) atoms. The molecule has 1 saturated heterocycles. The number of nitrogens with zero attached hydrogens (tertiary/aromatic N) is 3. The number of rotatable bonds is 3. The van der Waals surface area contributed by atoms with Crippen molar-refractivity contribution in [1.82, 2.24) is 9.97 Å². The number of anilines is 1. The van der Waals surface area contributed by atoms with Gasteiger partial charge in [0.15, 0.2) is 0 Å². The zero-order chi connectivity index (χ0) is 13.1. The molecule has 0 N–H and O–H groups in total. The fourth-order valence-corrected chi connectivity index (χ4v) is 1.77. The third-order valence-electron chi connectivity index (χ3n) is 2.70. The van der Waals surface area contributed by atoms with Crippen LogP contribution in [0.2, 0.25) is 0 Å². The third-order valence-corrected chi connectivity index (χ3v) is 2.70. The highest BCUT2D eigenvalue weighted by atomic mass is 16.5. The van der Waals surface area contributed by atoms with Crippen LogP contribution in [0.5, 0.6) is 11.9 Å². The molecule has 0 spiro atoms. The van der Waals surface area contributed by atoms with Crippen LogP contribution in [0, 0.1) is 18.3 Å². The second-order valence-electron chi connectivity index (χ2n) is 3.83. The summed E-state index contributed by atoms with van der Waals surface area (Å²) in [6.07, 6.45) is 5.68. The number of carbonyl (C=O) groups is 1. The van der Waals surface area contributed by atoms with Crippen LogP contribution in [0.15, 0.2) is 6.07 Å². The lowest BCUT2D eigenvalue weighted by Crippen LogP contribution is -2.25. The van der Waals surface area contributed by atoms with E-state index in [-0.39, 0.29) is 17.8 Å². The van der Waals surface area contributed by atoms with Crippen molar-refractivity contribution in [2.75, 3.05) is 25.7 Å². The predicted molar refractivity (Wildman–Crippen MR) is 64.4 cm³/mol.